The summed E-state index contributed by atoms with van der Waals surface area (Å²) in [4.78, 5) is 38.5. The Labute approximate surface area is 201 Å². The van der Waals surface area contributed by atoms with Gasteiger partial charge in [-0.25, -0.2) is 4.39 Å². The summed E-state index contributed by atoms with van der Waals surface area (Å²) in [5, 5.41) is 22.6. The van der Waals surface area contributed by atoms with Gasteiger partial charge < -0.3 is 15.2 Å². The molecule has 0 radical (unpaired) electrons. The standard InChI is InChI=1S/C22H19F4N7O3/c1-10-17(19(34)21(36)30-15(7-22(24,25)26)16-9-28-32-31-16)11(2)33(3)18(10)20(35)29-13-4-5-14(23)12(6-13)8-27/h4-6,9,15H,7H2,1-3H3,(H,29,35)(H,30,36)(H,28,31,32). The van der Waals surface area contributed by atoms with Crippen LogP contribution in [0.5, 0.6) is 0 Å². The van der Waals surface area contributed by atoms with Crippen LogP contribution < -0.4 is 10.6 Å². The van der Waals surface area contributed by atoms with E-state index in [0.717, 1.165) is 18.3 Å². The Bertz CT molecular complexity index is 1370. The lowest BCUT2D eigenvalue weighted by Gasteiger charge is -2.17. The Kier molecular flexibility index (Phi) is 7.23. The quantitative estimate of drug-likeness (QED) is 0.256. The highest BCUT2D eigenvalue weighted by Gasteiger charge is 2.36. The highest BCUT2D eigenvalue weighted by molar-refractivity contribution is 6.43. The zero-order chi connectivity index (χ0) is 26.8. The first-order valence-electron chi connectivity index (χ1n) is 10.3. The fourth-order valence-electron chi connectivity index (χ4n) is 3.69. The number of aromatic amines is 1. The van der Waals surface area contributed by atoms with Crippen LogP contribution in [-0.4, -0.2) is 43.8 Å². The average Bonchev–Trinajstić information content (AvgIpc) is 3.40. The van der Waals surface area contributed by atoms with Crippen molar-refractivity contribution in [3.8, 4) is 6.07 Å². The third kappa shape index (κ3) is 5.40. The molecule has 0 spiro atoms. The number of amides is 2. The van der Waals surface area contributed by atoms with Crippen LogP contribution in [-0.2, 0) is 11.8 Å². The van der Waals surface area contributed by atoms with E-state index >= 15 is 0 Å². The molecule has 1 atom stereocenters. The molecule has 10 nitrogen and oxygen atoms in total. The highest BCUT2D eigenvalue weighted by Crippen LogP contribution is 2.29. The molecule has 14 heteroatoms. The number of Topliss-reactive ketones (excluding diaryl/α,β-unsaturated/α-hetero) is 1. The van der Waals surface area contributed by atoms with E-state index in [1.165, 1.54) is 31.5 Å². The predicted molar refractivity (Wildman–Crippen MR) is 116 cm³/mol. The van der Waals surface area contributed by atoms with Crippen molar-refractivity contribution in [3.05, 3.63) is 64.0 Å². The van der Waals surface area contributed by atoms with Gasteiger partial charge in [-0.1, -0.05) is 0 Å². The minimum Gasteiger partial charge on any atom is -0.343 e. The van der Waals surface area contributed by atoms with Crippen LogP contribution >= 0.6 is 0 Å². The minimum absolute atomic E-state index is 0.0187. The molecular formula is C22H19F4N7O3. The second kappa shape index (κ2) is 9.98. The average molecular weight is 505 g/mol. The number of anilines is 1. The Balaban J connectivity index is 1.88. The van der Waals surface area contributed by atoms with Crippen LogP contribution in [0.1, 0.15) is 55.8 Å². The molecule has 3 rings (SSSR count). The van der Waals surface area contributed by atoms with Gasteiger partial charge in [0.2, 0.25) is 0 Å². The molecule has 36 heavy (non-hydrogen) atoms. The summed E-state index contributed by atoms with van der Waals surface area (Å²) in [6.45, 7) is 2.86. The van der Waals surface area contributed by atoms with Crippen LogP contribution in [0.15, 0.2) is 24.4 Å². The summed E-state index contributed by atoms with van der Waals surface area (Å²) in [5.41, 5.74) is -0.263. The first-order valence-corrected chi connectivity index (χ1v) is 10.3. The zero-order valence-electron chi connectivity index (χ0n) is 19.1. The molecule has 0 fully saturated rings. The molecule has 0 bridgehead atoms. The van der Waals surface area contributed by atoms with E-state index in [4.69, 9.17) is 5.26 Å². The van der Waals surface area contributed by atoms with Crippen molar-refractivity contribution in [2.75, 3.05) is 5.32 Å². The lowest BCUT2D eigenvalue weighted by molar-refractivity contribution is -0.142. The third-order valence-corrected chi connectivity index (χ3v) is 5.46. The van der Waals surface area contributed by atoms with Gasteiger partial charge in [0.1, 0.15) is 23.3 Å². The topological polar surface area (TPSA) is 146 Å². The number of rotatable bonds is 7. The molecular weight excluding hydrogens is 486 g/mol. The van der Waals surface area contributed by atoms with Crippen molar-refractivity contribution >= 4 is 23.3 Å². The molecule has 188 valence electrons. The van der Waals surface area contributed by atoms with E-state index in [-0.39, 0.29) is 39.5 Å². The third-order valence-electron chi connectivity index (χ3n) is 5.46. The number of halogens is 4. The normalized spacial score (nSPS) is 12.1. The monoisotopic (exact) mass is 505 g/mol. The summed E-state index contributed by atoms with van der Waals surface area (Å²) >= 11 is 0. The number of carbonyl (C=O) groups is 3. The van der Waals surface area contributed by atoms with Crippen molar-refractivity contribution in [1.82, 2.24) is 25.3 Å². The molecule has 0 saturated heterocycles. The number of benzene rings is 1. The fraction of sp³-hybridized carbons (Fsp3) is 0.273. The number of ketones is 1. The van der Waals surface area contributed by atoms with Crippen LogP contribution in [0, 0.1) is 31.0 Å². The summed E-state index contributed by atoms with van der Waals surface area (Å²) in [6, 6.07) is 3.35. The first-order chi connectivity index (χ1) is 16.8. The van der Waals surface area contributed by atoms with Gasteiger partial charge >= 0.3 is 6.18 Å². The number of carbonyl (C=O) groups excluding carboxylic acids is 3. The number of nitriles is 1. The number of hydrogen-bond donors (Lipinski definition) is 3. The minimum atomic E-state index is -4.67. The zero-order valence-corrected chi connectivity index (χ0v) is 19.1. The van der Waals surface area contributed by atoms with Crippen molar-refractivity contribution in [2.24, 2.45) is 7.05 Å². The maximum atomic E-state index is 13.6. The Morgan fingerprint density at radius 1 is 1.25 bits per heavy atom. The Morgan fingerprint density at radius 2 is 1.94 bits per heavy atom. The van der Waals surface area contributed by atoms with Gasteiger partial charge in [-0.2, -0.15) is 33.8 Å². The maximum Gasteiger partial charge on any atom is 0.391 e. The second-order valence-corrected chi connectivity index (χ2v) is 7.82. The van der Waals surface area contributed by atoms with Crippen molar-refractivity contribution in [1.29, 1.82) is 5.26 Å². The van der Waals surface area contributed by atoms with Crippen LogP contribution in [0.3, 0.4) is 0 Å². The summed E-state index contributed by atoms with van der Waals surface area (Å²) < 4.78 is 53.9. The molecule has 1 unspecified atom stereocenters. The number of alkyl halides is 3. The van der Waals surface area contributed by atoms with Gasteiger partial charge in [0, 0.05) is 18.4 Å². The van der Waals surface area contributed by atoms with Crippen LogP contribution in [0.4, 0.5) is 23.2 Å². The SMILES string of the molecule is Cc1c(C(=O)C(=O)NC(CC(F)(F)F)c2cn[nH]n2)c(C)n(C)c1C(=O)Nc1ccc(F)c(C#N)c1. The van der Waals surface area contributed by atoms with Crippen molar-refractivity contribution in [2.45, 2.75) is 32.5 Å². The van der Waals surface area contributed by atoms with E-state index in [9.17, 15) is 31.9 Å². The summed E-state index contributed by atoms with van der Waals surface area (Å²) in [6.07, 6.45) is -5.16. The molecule has 1 aromatic carbocycles. The molecule has 2 amide bonds. The predicted octanol–water partition coefficient (Wildman–Crippen LogP) is 3.02. The number of nitrogens with one attached hydrogen (secondary N) is 3. The fourth-order valence-corrected chi connectivity index (χ4v) is 3.69. The van der Waals surface area contributed by atoms with Crippen LogP contribution in [0.25, 0.3) is 0 Å². The van der Waals surface area contributed by atoms with Gasteiger partial charge in [-0.3, -0.25) is 14.4 Å². The first kappa shape index (κ1) is 26.1. The van der Waals surface area contributed by atoms with E-state index < -0.39 is 42.1 Å². The van der Waals surface area contributed by atoms with Gasteiger partial charge in [-0.05, 0) is 37.6 Å². The van der Waals surface area contributed by atoms with E-state index in [2.05, 4.69) is 20.7 Å². The molecule has 0 aliphatic heterocycles. The van der Waals surface area contributed by atoms with Gasteiger partial charge in [0.15, 0.2) is 0 Å². The van der Waals surface area contributed by atoms with Gasteiger partial charge in [0.05, 0.1) is 29.8 Å². The highest BCUT2D eigenvalue weighted by atomic mass is 19.4. The lowest BCUT2D eigenvalue weighted by atomic mass is 10.0. The molecule has 3 N–H and O–H groups in total. The molecule has 3 aromatic rings. The molecule has 0 aliphatic rings. The van der Waals surface area contributed by atoms with Crippen molar-refractivity contribution in [3.63, 3.8) is 0 Å². The number of H-pyrrole nitrogens is 1. The molecule has 2 heterocycles. The lowest BCUT2D eigenvalue weighted by Crippen LogP contribution is -2.37. The number of nitrogens with zero attached hydrogens (tertiary/aromatic N) is 4. The van der Waals surface area contributed by atoms with E-state index in [1.807, 2.05) is 5.32 Å². The maximum absolute atomic E-state index is 13.6. The Morgan fingerprint density at radius 3 is 2.53 bits per heavy atom. The van der Waals surface area contributed by atoms with Crippen molar-refractivity contribution < 1.29 is 31.9 Å². The Hall–Kier alpha value is -4.54. The summed E-state index contributed by atoms with van der Waals surface area (Å²) in [5.74, 6) is -3.96. The number of hydrogen-bond acceptors (Lipinski definition) is 6. The van der Waals surface area contributed by atoms with Gasteiger partial charge in [0.25, 0.3) is 17.6 Å². The molecule has 0 aliphatic carbocycles. The number of aromatic nitrogens is 4. The molecule has 2 aromatic heterocycles. The summed E-state index contributed by atoms with van der Waals surface area (Å²) in [7, 11) is 1.46. The molecule has 0 saturated carbocycles. The van der Waals surface area contributed by atoms with E-state index in [1.54, 1.807) is 6.07 Å². The second-order valence-electron chi connectivity index (χ2n) is 7.82. The van der Waals surface area contributed by atoms with Crippen LogP contribution in [0.2, 0.25) is 0 Å². The van der Waals surface area contributed by atoms with E-state index in [0.29, 0.717) is 0 Å². The van der Waals surface area contributed by atoms with Gasteiger partial charge in [-0.15, -0.1) is 0 Å². The largest absolute Gasteiger partial charge is 0.391 e. The smallest absolute Gasteiger partial charge is 0.343 e.